The standard InChI is InChI=1S/C25H34O5/c1-17(2)10-12-20-24(3,30-20)23-22(27-4)19(14-15-25(23)16-28-25)29-21(26)13-11-18-8-6-5-7-9-18/h5-10,19-20,22-23H,11-16H2,1-4H3/t19-,20-,22-,23-,24+,25+/m1/s1. The molecule has 2 heterocycles. The molecule has 1 spiro atoms. The van der Waals surface area contributed by atoms with Gasteiger partial charge in [0.25, 0.3) is 0 Å². The maximum atomic E-state index is 12.6. The van der Waals surface area contributed by atoms with E-state index in [0.29, 0.717) is 12.8 Å². The molecule has 164 valence electrons. The van der Waals surface area contributed by atoms with E-state index in [4.69, 9.17) is 18.9 Å². The topological polar surface area (TPSA) is 60.6 Å². The van der Waals surface area contributed by atoms with Crippen LogP contribution in [0.25, 0.3) is 0 Å². The Balaban J connectivity index is 1.41. The molecule has 0 bridgehead atoms. The fraction of sp³-hybridized carbons (Fsp3) is 0.640. The Morgan fingerprint density at radius 3 is 2.63 bits per heavy atom. The van der Waals surface area contributed by atoms with Crippen molar-refractivity contribution in [3.05, 3.63) is 47.5 Å². The maximum absolute atomic E-state index is 12.6. The second-order valence-electron chi connectivity index (χ2n) is 9.39. The Hall–Kier alpha value is -1.69. The largest absolute Gasteiger partial charge is 0.460 e. The second kappa shape index (κ2) is 8.45. The Bertz CT molecular complexity index is 780. The highest BCUT2D eigenvalue weighted by atomic mass is 16.6. The van der Waals surface area contributed by atoms with Crippen molar-refractivity contribution in [3.63, 3.8) is 0 Å². The molecule has 3 aliphatic rings. The lowest BCUT2D eigenvalue weighted by atomic mass is 9.68. The van der Waals surface area contributed by atoms with Crippen molar-refractivity contribution < 1.29 is 23.7 Å². The molecule has 0 unspecified atom stereocenters. The molecular formula is C25H34O5. The van der Waals surface area contributed by atoms with Gasteiger partial charge < -0.3 is 18.9 Å². The highest BCUT2D eigenvalue weighted by molar-refractivity contribution is 5.70. The molecule has 6 atom stereocenters. The minimum atomic E-state index is -0.307. The SMILES string of the molecule is CO[C@@H]1[C@H](OC(=O)CCc2ccccc2)CC[C@]2(CO2)[C@H]1[C@@]1(C)O[C@@H]1CC=C(C)C. The van der Waals surface area contributed by atoms with Crippen LogP contribution in [0.4, 0.5) is 0 Å². The van der Waals surface area contributed by atoms with E-state index < -0.39 is 0 Å². The first-order valence-electron chi connectivity index (χ1n) is 11.1. The molecule has 0 aromatic heterocycles. The zero-order chi connectivity index (χ0) is 21.4. The zero-order valence-electron chi connectivity index (χ0n) is 18.6. The van der Waals surface area contributed by atoms with Crippen LogP contribution < -0.4 is 0 Å². The number of aryl methyl sites for hydroxylation is 1. The van der Waals surface area contributed by atoms with Crippen molar-refractivity contribution in [2.24, 2.45) is 5.92 Å². The Kier molecular flexibility index (Phi) is 6.06. The number of rotatable bonds is 8. The lowest BCUT2D eigenvalue weighted by Gasteiger charge is -2.42. The van der Waals surface area contributed by atoms with E-state index in [0.717, 1.165) is 31.4 Å². The Labute approximate surface area is 179 Å². The summed E-state index contributed by atoms with van der Waals surface area (Å²) in [6, 6.07) is 10.0. The number of carbonyl (C=O) groups is 1. The molecular weight excluding hydrogens is 380 g/mol. The van der Waals surface area contributed by atoms with Crippen molar-refractivity contribution in [2.75, 3.05) is 13.7 Å². The Morgan fingerprint density at radius 1 is 1.27 bits per heavy atom. The quantitative estimate of drug-likeness (QED) is 0.362. The molecule has 1 aromatic carbocycles. The number of hydrogen-bond donors (Lipinski definition) is 0. The van der Waals surface area contributed by atoms with Crippen LogP contribution in [0, 0.1) is 5.92 Å². The van der Waals surface area contributed by atoms with Gasteiger partial charge in [0, 0.05) is 13.5 Å². The van der Waals surface area contributed by atoms with Gasteiger partial charge in [0.1, 0.15) is 23.4 Å². The van der Waals surface area contributed by atoms with Gasteiger partial charge in [-0.2, -0.15) is 0 Å². The van der Waals surface area contributed by atoms with Gasteiger partial charge in [-0.3, -0.25) is 4.79 Å². The summed E-state index contributed by atoms with van der Waals surface area (Å²) in [5.74, 6) is -0.105. The molecule has 2 saturated heterocycles. The fourth-order valence-electron chi connectivity index (χ4n) is 5.19. The summed E-state index contributed by atoms with van der Waals surface area (Å²) in [6.07, 6.45) is 5.50. The minimum Gasteiger partial charge on any atom is -0.460 e. The van der Waals surface area contributed by atoms with Gasteiger partial charge in [-0.05, 0) is 52.0 Å². The molecule has 30 heavy (non-hydrogen) atoms. The van der Waals surface area contributed by atoms with Gasteiger partial charge >= 0.3 is 5.97 Å². The van der Waals surface area contributed by atoms with Crippen molar-refractivity contribution in [1.82, 2.24) is 0 Å². The van der Waals surface area contributed by atoms with Gasteiger partial charge in [0.15, 0.2) is 0 Å². The molecule has 5 heteroatoms. The van der Waals surface area contributed by atoms with Crippen LogP contribution in [-0.2, 0) is 30.2 Å². The number of esters is 1. The third-order valence-corrected chi connectivity index (χ3v) is 6.98. The van der Waals surface area contributed by atoms with Crippen LogP contribution in [0.5, 0.6) is 0 Å². The smallest absolute Gasteiger partial charge is 0.306 e. The maximum Gasteiger partial charge on any atom is 0.306 e. The molecule has 2 aliphatic heterocycles. The molecule has 1 aliphatic carbocycles. The van der Waals surface area contributed by atoms with Crippen LogP contribution in [0.15, 0.2) is 42.0 Å². The fourth-order valence-corrected chi connectivity index (χ4v) is 5.19. The van der Waals surface area contributed by atoms with Crippen LogP contribution in [0.3, 0.4) is 0 Å². The van der Waals surface area contributed by atoms with E-state index in [2.05, 4.69) is 26.8 Å². The lowest BCUT2D eigenvalue weighted by molar-refractivity contribution is -0.171. The van der Waals surface area contributed by atoms with Crippen LogP contribution in [0.2, 0.25) is 0 Å². The summed E-state index contributed by atoms with van der Waals surface area (Å²) in [5, 5.41) is 0. The summed E-state index contributed by atoms with van der Waals surface area (Å²) in [7, 11) is 1.71. The summed E-state index contributed by atoms with van der Waals surface area (Å²) in [5.41, 5.74) is 1.94. The molecule has 0 N–H and O–H groups in total. The van der Waals surface area contributed by atoms with Crippen LogP contribution in [0.1, 0.15) is 52.0 Å². The average molecular weight is 415 g/mol. The van der Waals surface area contributed by atoms with Crippen LogP contribution in [-0.4, -0.2) is 49.2 Å². The first-order valence-corrected chi connectivity index (χ1v) is 11.1. The first kappa shape index (κ1) is 21.5. The van der Waals surface area contributed by atoms with Gasteiger partial charge in [-0.1, -0.05) is 42.0 Å². The van der Waals surface area contributed by atoms with Crippen molar-refractivity contribution in [2.45, 2.75) is 82.4 Å². The molecule has 4 rings (SSSR count). The molecule has 3 fully saturated rings. The molecule has 0 amide bonds. The van der Waals surface area contributed by atoms with Crippen molar-refractivity contribution in [3.8, 4) is 0 Å². The third kappa shape index (κ3) is 4.34. The molecule has 1 saturated carbocycles. The molecule has 5 nitrogen and oxygen atoms in total. The zero-order valence-corrected chi connectivity index (χ0v) is 18.6. The second-order valence-corrected chi connectivity index (χ2v) is 9.39. The number of epoxide rings is 2. The van der Waals surface area contributed by atoms with E-state index in [1.165, 1.54) is 5.57 Å². The number of carbonyl (C=O) groups excluding carboxylic acids is 1. The first-order chi connectivity index (χ1) is 14.4. The predicted octanol–water partition coefficient (Wildman–Crippen LogP) is 4.24. The number of hydrogen-bond acceptors (Lipinski definition) is 5. The van der Waals surface area contributed by atoms with E-state index >= 15 is 0 Å². The average Bonchev–Trinajstić information content (AvgIpc) is 3.64. The minimum absolute atomic E-state index is 0.0613. The van der Waals surface area contributed by atoms with E-state index in [1.54, 1.807) is 7.11 Å². The van der Waals surface area contributed by atoms with E-state index in [9.17, 15) is 4.79 Å². The van der Waals surface area contributed by atoms with Gasteiger partial charge in [0.2, 0.25) is 0 Å². The summed E-state index contributed by atoms with van der Waals surface area (Å²) < 4.78 is 24.1. The van der Waals surface area contributed by atoms with Gasteiger partial charge in [0.05, 0.1) is 18.6 Å². The molecule has 0 radical (unpaired) electrons. The van der Waals surface area contributed by atoms with Crippen molar-refractivity contribution in [1.29, 1.82) is 0 Å². The Morgan fingerprint density at radius 2 is 2.00 bits per heavy atom. The van der Waals surface area contributed by atoms with Gasteiger partial charge in [-0.15, -0.1) is 0 Å². The highest BCUT2D eigenvalue weighted by Gasteiger charge is 2.72. The molecule has 1 aromatic rings. The lowest BCUT2D eigenvalue weighted by Crippen LogP contribution is -2.55. The van der Waals surface area contributed by atoms with Crippen LogP contribution >= 0.6 is 0 Å². The van der Waals surface area contributed by atoms with E-state index in [-0.39, 0.29) is 41.4 Å². The highest BCUT2D eigenvalue weighted by Crippen LogP contribution is 2.59. The summed E-state index contributed by atoms with van der Waals surface area (Å²) in [4.78, 5) is 12.6. The normalized spacial score (nSPS) is 36.9. The van der Waals surface area contributed by atoms with E-state index in [1.807, 2.05) is 30.3 Å². The number of benzene rings is 1. The third-order valence-electron chi connectivity index (χ3n) is 6.98. The predicted molar refractivity (Wildman–Crippen MR) is 114 cm³/mol. The number of methoxy groups -OCH3 is 1. The van der Waals surface area contributed by atoms with Gasteiger partial charge in [-0.25, -0.2) is 0 Å². The number of allylic oxidation sites excluding steroid dienone is 1. The number of ether oxygens (including phenoxy) is 4. The summed E-state index contributed by atoms with van der Waals surface area (Å²) >= 11 is 0. The summed E-state index contributed by atoms with van der Waals surface area (Å²) in [6.45, 7) is 7.11. The van der Waals surface area contributed by atoms with Crippen molar-refractivity contribution >= 4 is 5.97 Å². The monoisotopic (exact) mass is 414 g/mol.